The Bertz CT molecular complexity index is 712. The second-order valence-corrected chi connectivity index (χ2v) is 5.12. The summed E-state index contributed by atoms with van der Waals surface area (Å²) in [5.74, 6) is 0.838. The van der Waals surface area contributed by atoms with Crippen molar-refractivity contribution in [2.45, 2.75) is 32.6 Å². The van der Waals surface area contributed by atoms with Gasteiger partial charge < -0.3 is 19.0 Å². The highest BCUT2D eigenvalue weighted by Gasteiger charge is 2.07. The standard InChI is InChI=1S/C10H14N2O3.C8H10N2O2/c1-3-15-9(13)5-4-8-6-11-7-12-10(8)14-2;1-12-8-7(3-2-4-11)5-9-6-10-8/h6-7H,3-5H2,1-2H3;4-6H,2-3H2,1H3. The van der Waals surface area contributed by atoms with E-state index in [0.717, 1.165) is 17.4 Å². The number of aldehydes is 1. The molecular weight excluding hydrogens is 352 g/mol. The molecule has 0 saturated heterocycles. The lowest BCUT2D eigenvalue weighted by molar-refractivity contribution is -0.143. The molecule has 9 nitrogen and oxygen atoms in total. The van der Waals surface area contributed by atoms with Crippen LogP contribution in [-0.2, 0) is 27.2 Å². The van der Waals surface area contributed by atoms with Gasteiger partial charge in [-0.3, -0.25) is 4.79 Å². The van der Waals surface area contributed by atoms with Crippen LogP contribution in [-0.4, -0.2) is 53.0 Å². The molecule has 27 heavy (non-hydrogen) atoms. The maximum absolute atomic E-state index is 11.1. The van der Waals surface area contributed by atoms with Crippen LogP contribution in [0.4, 0.5) is 0 Å². The number of carbonyl (C=O) groups excluding carboxylic acids is 2. The fourth-order valence-corrected chi connectivity index (χ4v) is 2.09. The molecule has 0 aliphatic carbocycles. The first kappa shape index (κ1) is 21.9. The Morgan fingerprint density at radius 1 is 1.00 bits per heavy atom. The Morgan fingerprint density at radius 3 is 2.04 bits per heavy atom. The lowest BCUT2D eigenvalue weighted by Crippen LogP contribution is -2.06. The van der Waals surface area contributed by atoms with E-state index in [1.54, 1.807) is 26.4 Å². The van der Waals surface area contributed by atoms with Gasteiger partial charge in [-0.25, -0.2) is 19.9 Å². The molecule has 0 aromatic carbocycles. The van der Waals surface area contributed by atoms with Crippen LogP contribution in [0.1, 0.15) is 30.9 Å². The molecule has 0 spiro atoms. The van der Waals surface area contributed by atoms with Crippen molar-refractivity contribution in [3.8, 4) is 11.8 Å². The van der Waals surface area contributed by atoms with Gasteiger partial charge >= 0.3 is 5.97 Å². The van der Waals surface area contributed by atoms with Gasteiger partial charge in [0.25, 0.3) is 0 Å². The van der Waals surface area contributed by atoms with E-state index in [2.05, 4.69) is 19.9 Å². The van der Waals surface area contributed by atoms with Crippen LogP contribution in [0.25, 0.3) is 0 Å². The van der Waals surface area contributed by atoms with Crippen molar-refractivity contribution in [3.05, 3.63) is 36.2 Å². The summed E-state index contributed by atoms with van der Waals surface area (Å²) in [6, 6.07) is 0. The van der Waals surface area contributed by atoms with Crippen molar-refractivity contribution in [2.75, 3.05) is 20.8 Å². The predicted octanol–water partition coefficient (Wildman–Crippen LogP) is 1.60. The summed E-state index contributed by atoms with van der Waals surface area (Å²) in [5, 5.41) is 0. The van der Waals surface area contributed by atoms with Gasteiger partial charge in [-0.2, -0.15) is 0 Å². The summed E-state index contributed by atoms with van der Waals surface area (Å²) >= 11 is 0. The van der Waals surface area contributed by atoms with Crippen LogP contribution in [0.2, 0.25) is 0 Å². The quantitative estimate of drug-likeness (QED) is 0.475. The van der Waals surface area contributed by atoms with Crippen LogP contribution in [0.3, 0.4) is 0 Å². The number of carbonyl (C=O) groups is 2. The molecule has 0 unspecified atom stereocenters. The molecule has 9 heteroatoms. The van der Waals surface area contributed by atoms with E-state index in [0.29, 0.717) is 44.1 Å². The molecule has 0 aliphatic heterocycles. The maximum atomic E-state index is 11.1. The van der Waals surface area contributed by atoms with E-state index < -0.39 is 0 Å². The molecule has 0 saturated carbocycles. The second kappa shape index (κ2) is 13.2. The van der Waals surface area contributed by atoms with E-state index in [-0.39, 0.29) is 5.97 Å². The zero-order valence-electron chi connectivity index (χ0n) is 15.8. The molecule has 0 aliphatic rings. The highest BCUT2D eigenvalue weighted by Crippen LogP contribution is 2.14. The third-order valence-corrected chi connectivity index (χ3v) is 3.32. The van der Waals surface area contributed by atoms with E-state index in [1.165, 1.54) is 19.8 Å². The first-order valence-corrected chi connectivity index (χ1v) is 8.41. The Kier molecular flexibility index (Phi) is 10.7. The Labute approximate surface area is 158 Å². The molecular formula is C18H24N4O5. The SMILES string of the molecule is CCOC(=O)CCc1cncnc1OC.COc1ncncc1CCC=O. The van der Waals surface area contributed by atoms with E-state index in [9.17, 15) is 9.59 Å². The first-order chi connectivity index (χ1) is 13.2. The maximum Gasteiger partial charge on any atom is 0.306 e. The molecule has 0 radical (unpaired) electrons. The molecule has 2 aromatic heterocycles. The minimum absolute atomic E-state index is 0.219. The van der Waals surface area contributed by atoms with E-state index >= 15 is 0 Å². The number of hydrogen-bond acceptors (Lipinski definition) is 9. The Hall–Kier alpha value is -3.10. The molecule has 146 valence electrons. The second-order valence-electron chi connectivity index (χ2n) is 5.12. The fraction of sp³-hybridized carbons (Fsp3) is 0.444. The third-order valence-electron chi connectivity index (χ3n) is 3.32. The minimum Gasteiger partial charge on any atom is -0.481 e. The van der Waals surface area contributed by atoms with Crippen molar-refractivity contribution in [1.82, 2.24) is 19.9 Å². The largest absolute Gasteiger partial charge is 0.481 e. The van der Waals surface area contributed by atoms with Gasteiger partial charge in [0, 0.05) is 36.4 Å². The molecule has 2 heterocycles. The minimum atomic E-state index is -0.219. The lowest BCUT2D eigenvalue weighted by Gasteiger charge is -2.05. The smallest absolute Gasteiger partial charge is 0.306 e. The van der Waals surface area contributed by atoms with Gasteiger partial charge in [0.2, 0.25) is 11.8 Å². The molecule has 0 bridgehead atoms. The summed E-state index contributed by atoms with van der Waals surface area (Å²) in [7, 11) is 3.09. The Balaban J connectivity index is 0.000000277. The van der Waals surface area contributed by atoms with Crippen LogP contribution in [0.15, 0.2) is 25.0 Å². The summed E-state index contributed by atoms with van der Waals surface area (Å²) in [6.07, 6.45) is 8.96. The van der Waals surface area contributed by atoms with Crippen LogP contribution in [0.5, 0.6) is 11.8 Å². The zero-order chi connectivity index (χ0) is 19.9. The number of ether oxygens (including phenoxy) is 3. The first-order valence-electron chi connectivity index (χ1n) is 8.41. The topological polar surface area (TPSA) is 113 Å². The Morgan fingerprint density at radius 2 is 1.56 bits per heavy atom. The van der Waals surface area contributed by atoms with E-state index in [4.69, 9.17) is 14.2 Å². The van der Waals surface area contributed by atoms with Gasteiger partial charge in [-0.1, -0.05) is 0 Å². The van der Waals surface area contributed by atoms with Crippen LogP contribution >= 0.6 is 0 Å². The lowest BCUT2D eigenvalue weighted by atomic mass is 10.2. The monoisotopic (exact) mass is 376 g/mol. The van der Waals surface area contributed by atoms with Crippen LogP contribution in [0, 0.1) is 0 Å². The molecule has 0 amide bonds. The molecule has 2 rings (SSSR count). The predicted molar refractivity (Wildman–Crippen MR) is 96.5 cm³/mol. The van der Waals surface area contributed by atoms with Gasteiger partial charge in [-0.15, -0.1) is 0 Å². The average Bonchev–Trinajstić information content (AvgIpc) is 2.71. The molecule has 0 N–H and O–H groups in total. The number of nitrogens with zero attached hydrogens (tertiary/aromatic N) is 4. The van der Waals surface area contributed by atoms with Gasteiger partial charge in [-0.05, 0) is 19.8 Å². The van der Waals surface area contributed by atoms with Gasteiger partial charge in [0.15, 0.2) is 0 Å². The van der Waals surface area contributed by atoms with Crippen molar-refractivity contribution >= 4 is 12.3 Å². The van der Waals surface area contributed by atoms with Crippen molar-refractivity contribution in [2.24, 2.45) is 0 Å². The van der Waals surface area contributed by atoms with Gasteiger partial charge in [0.1, 0.15) is 18.9 Å². The van der Waals surface area contributed by atoms with Crippen molar-refractivity contribution < 1.29 is 23.8 Å². The third kappa shape index (κ3) is 8.21. The summed E-state index contributed by atoms with van der Waals surface area (Å²) in [6.45, 7) is 2.19. The number of aryl methyl sites for hydroxylation is 2. The zero-order valence-corrected chi connectivity index (χ0v) is 15.8. The fourth-order valence-electron chi connectivity index (χ4n) is 2.09. The number of hydrogen-bond donors (Lipinski definition) is 0. The normalized spacial score (nSPS) is 9.59. The molecule has 0 atom stereocenters. The van der Waals surface area contributed by atoms with Gasteiger partial charge in [0.05, 0.1) is 20.8 Å². The summed E-state index contributed by atoms with van der Waals surface area (Å²) < 4.78 is 14.8. The van der Waals surface area contributed by atoms with Crippen LogP contribution < -0.4 is 9.47 Å². The number of rotatable bonds is 9. The summed E-state index contributed by atoms with van der Waals surface area (Å²) in [4.78, 5) is 36.8. The molecule has 2 aromatic rings. The highest BCUT2D eigenvalue weighted by molar-refractivity contribution is 5.69. The summed E-state index contributed by atoms with van der Waals surface area (Å²) in [5.41, 5.74) is 1.68. The number of esters is 1. The molecule has 0 fully saturated rings. The number of aromatic nitrogens is 4. The van der Waals surface area contributed by atoms with E-state index in [1.807, 2.05) is 0 Å². The highest BCUT2D eigenvalue weighted by atomic mass is 16.5. The van der Waals surface area contributed by atoms with Crippen molar-refractivity contribution in [3.63, 3.8) is 0 Å². The number of methoxy groups -OCH3 is 2. The van der Waals surface area contributed by atoms with Crippen molar-refractivity contribution in [1.29, 1.82) is 0 Å². The average molecular weight is 376 g/mol.